The average molecular weight is 319 g/mol. The Kier molecular flexibility index (Phi) is 3.53. The van der Waals surface area contributed by atoms with Crippen molar-refractivity contribution < 1.29 is 4.74 Å². The van der Waals surface area contributed by atoms with Gasteiger partial charge in [-0.1, -0.05) is 23.7 Å². The third kappa shape index (κ3) is 2.34. The Morgan fingerprint density at radius 3 is 2.71 bits per heavy atom. The van der Waals surface area contributed by atoms with Gasteiger partial charge in [0.05, 0.1) is 28.7 Å². The number of hydrogen-bond donors (Lipinski definition) is 1. The molecule has 0 aliphatic heterocycles. The molecule has 0 radical (unpaired) electrons. The number of nitrogens with one attached hydrogen (secondary N) is 1. The van der Waals surface area contributed by atoms with Crippen LogP contribution in [0.25, 0.3) is 16.6 Å². The van der Waals surface area contributed by atoms with Crippen molar-refractivity contribution in [2.24, 2.45) is 0 Å². The molecular weight excluding hydrogens is 308 g/mol. The van der Waals surface area contributed by atoms with Crippen LogP contribution in [-0.4, -0.2) is 16.7 Å². The van der Waals surface area contributed by atoms with Crippen LogP contribution < -0.4 is 10.3 Å². The SMILES string of the molecule is COc1ccc2[nH]c(=S)n(-c3ccccc3Cl)c(=O)c2c1. The second-order valence-corrected chi connectivity index (χ2v) is 5.23. The summed E-state index contributed by atoms with van der Waals surface area (Å²) in [6.07, 6.45) is 0. The molecule has 106 valence electrons. The quantitative estimate of drug-likeness (QED) is 0.733. The van der Waals surface area contributed by atoms with Gasteiger partial charge in [-0.15, -0.1) is 0 Å². The van der Waals surface area contributed by atoms with Gasteiger partial charge >= 0.3 is 0 Å². The second-order valence-electron chi connectivity index (χ2n) is 4.43. The third-order valence-electron chi connectivity index (χ3n) is 3.20. The van der Waals surface area contributed by atoms with Crippen molar-refractivity contribution in [1.82, 2.24) is 9.55 Å². The maximum Gasteiger partial charge on any atom is 0.266 e. The highest BCUT2D eigenvalue weighted by Crippen LogP contribution is 2.21. The molecule has 0 saturated heterocycles. The number of nitrogens with zero attached hydrogens (tertiary/aromatic N) is 1. The average Bonchev–Trinajstić information content (AvgIpc) is 2.49. The van der Waals surface area contributed by atoms with Crippen LogP contribution in [0, 0.1) is 4.77 Å². The van der Waals surface area contributed by atoms with E-state index in [2.05, 4.69) is 4.98 Å². The summed E-state index contributed by atoms with van der Waals surface area (Å²) in [7, 11) is 1.55. The molecule has 0 atom stereocenters. The highest BCUT2D eigenvalue weighted by atomic mass is 35.5. The Bertz CT molecular complexity index is 946. The van der Waals surface area contributed by atoms with Crippen molar-refractivity contribution in [2.45, 2.75) is 0 Å². The Morgan fingerprint density at radius 2 is 2.00 bits per heavy atom. The fraction of sp³-hybridized carbons (Fsp3) is 0.0667. The van der Waals surface area contributed by atoms with E-state index < -0.39 is 0 Å². The molecule has 1 aromatic heterocycles. The van der Waals surface area contributed by atoms with Gasteiger partial charge in [-0.05, 0) is 42.5 Å². The first-order chi connectivity index (χ1) is 10.1. The van der Waals surface area contributed by atoms with Crippen LogP contribution in [0.5, 0.6) is 5.75 Å². The molecular formula is C15H11ClN2O2S. The van der Waals surface area contributed by atoms with E-state index >= 15 is 0 Å². The molecule has 0 saturated carbocycles. The van der Waals surface area contributed by atoms with Crippen molar-refractivity contribution >= 4 is 34.7 Å². The molecule has 0 amide bonds. The molecule has 0 fully saturated rings. The first-order valence-corrected chi connectivity index (χ1v) is 6.98. The van der Waals surface area contributed by atoms with Gasteiger partial charge in [-0.25, -0.2) is 0 Å². The molecule has 6 heteroatoms. The molecule has 21 heavy (non-hydrogen) atoms. The van der Waals surface area contributed by atoms with Crippen molar-refractivity contribution in [3.8, 4) is 11.4 Å². The van der Waals surface area contributed by atoms with Crippen molar-refractivity contribution in [3.05, 3.63) is 62.6 Å². The van der Waals surface area contributed by atoms with Crippen molar-refractivity contribution in [3.63, 3.8) is 0 Å². The van der Waals surface area contributed by atoms with Crippen LogP contribution >= 0.6 is 23.8 Å². The van der Waals surface area contributed by atoms with E-state index in [1.807, 2.05) is 0 Å². The van der Waals surface area contributed by atoms with E-state index in [-0.39, 0.29) is 5.56 Å². The summed E-state index contributed by atoms with van der Waals surface area (Å²) in [6, 6.07) is 12.3. The van der Waals surface area contributed by atoms with Gasteiger partial charge in [0.1, 0.15) is 5.75 Å². The second kappa shape index (κ2) is 5.35. The molecule has 3 aromatic rings. The molecule has 0 unspecified atom stereocenters. The lowest BCUT2D eigenvalue weighted by atomic mass is 10.2. The van der Waals surface area contributed by atoms with Crippen LogP contribution in [0.4, 0.5) is 0 Å². The fourth-order valence-corrected chi connectivity index (χ4v) is 2.68. The minimum atomic E-state index is -0.235. The van der Waals surface area contributed by atoms with E-state index in [1.165, 1.54) is 4.57 Å². The van der Waals surface area contributed by atoms with E-state index in [1.54, 1.807) is 49.6 Å². The number of aromatic amines is 1. The lowest BCUT2D eigenvalue weighted by Gasteiger charge is -2.10. The molecule has 4 nitrogen and oxygen atoms in total. The van der Waals surface area contributed by atoms with E-state index in [0.717, 1.165) is 0 Å². The molecule has 1 N–H and O–H groups in total. The number of fused-ring (bicyclic) bond motifs is 1. The minimum absolute atomic E-state index is 0.235. The standard InChI is InChI=1S/C15H11ClN2O2S/c1-20-9-6-7-12-10(8-9)14(19)18(15(21)17-12)13-5-3-2-4-11(13)16/h2-8H,1H3,(H,17,21). The Labute approximate surface area is 130 Å². The van der Waals surface area contributed by atoms with Gasteiger partial charge < -0.3 is 9.72 Å². The van der Waals surface area contributed by atoms with Gasteiger partial charge in [0.25, 0.3) is 5.56 Å². The van der Waals surface area contributed by atoms with Crippen LogP contribution in [0.1, 0.15) is 0 Å². The van der Waals surface area contributed by atoms with Crippen LogP contribution in [0.3, 0.4) is 0 Å². The maximum atomic E-state index is 12.7. The first-order valence-electron chi connectivity index (χ1n) is 6.20. The van der Waals surface area contributed by atoms with Gasteiger partial charge in [-0.2, -0.15) is 0 Å². The number of aromatic nitrogens is 2. The molecule has 0 bridgehead atoms. The topological polar surface area (TPSA) is 47.0 Å². The Balaban J connectivity index is 2.42. The van der Waals surface area contributed by atoms with E-state index in [0.29, 0.717) is 32.1 Å². The highest BCUT2D eigenvalue weighted by Gasteiger charge is 2.10. The third-order valence-corrected chi connectivity index (χ3v) is 3.80. The number of methoxy groups -OCH3 is 1. The van der Waals surface area contributed by atoms with Crippen LogP contribution in [0.15, 0.2) is 47.3 Å². The predicted octanol–water partition coefficient (Wildman–Crippen LogP) is 3.71. The molecule has 0 aliphatic rings. The lowest BCUT2D eigenvalue weighted by molar-refractivity contribution is 0.415. The zero-order chi connectivity index (χ0) is 15.0. The molecule has 1 heterocycles. The number of rotatable bonds is 2. The number of hydrogen-bond acceptors (Lipinski definition) is 3. The summed E-state index contributed by atoms with van der Waals surface area (Å²) in [5.74, 6) is 0.607. The summed E-state index contributed by atoms with van der Waals surface area (Å²) < 4.78 is 6.85. The summed E-state index contributed by atoms with van der Waals surface area (Å²) in [4.78, 5) is 15.8. The van der Waals surface area contributed by atoms with Gasteiger partial charge in [-0.3, -0.25) is 9.36 Å². The molecule has 3 rings (SSSR count). The monoisotopic (exact) mass is 318 g/mol. The largest absolute Gasteiger partial charge is 0.497 e. The normalized spacial score (nSPS) is 10.8. The van der Waals surface area contributed by atoms with Crippen LogP contribution in [-0.2, 0) is 0 Å². The highest BCUT2D eigenvalue weighted by molar-refractivity contribution is 7.71. The Morgan fingerprint density at radius 1 is 1.24 bits per heavy atom. The molecule has 0 aliphatic carbocycles. The summed E-state index contributed by atoms with van der Waals surface area (Å²) in [6.45, 7) is 0. The smallest absolute Gasteiger partial charge is 0.266 e. The van der Waals surface area contributed by atoms with E-state index in [9.17, 15) is 4.79 Å². The number of H-pyrrole nitrogens is 1. The first kappa shape index (κ1) is 13.9. The number of halogens is 1. The molecule has 0 spiro atoms. The molecule has 2 aromatic carbocycles. The maximum absolute atomic E-state index is 12.7. The lowest BCUT2D eigenvalue weighted by Crippen LogP contribution is -2.20. The summed E-state index contributed by atoms with van der Waals surface area (Å²) >= 11 is 11.5. The summed E-state index contributed by atoms with van der Waals surface area (Å²) in [5, 5.41) is 0.948. The fourth-order valence-electron chi connectivity index (χ4n) is 2.17. The predicted molar refractivity (Wildman–Crippen MR) is 86.3 cm³/mol. The van der Waals surface area contributed by atoms with Gasteiger partial charge in [0.15, 0.2) is 4.77 Å². The zero-order valence-electron chi connectivity index (χ0n) is 11.1. The number of ether oxygens (including phenoxy) is 1. The number of benzene rings is 2. The minimum Gasteiger partial charge on any atom is -0.497 e. The van der Waals surface area contributed by atoms with Crippen LogP contribution in [0.2, 0.25) is 5.02 Å². The van der Waals surface area contributed by atoms with Gasteiger partial charge in [0, 0.05) is 0 Å². The summed E-state index contributed by atoms with van der Waals surface area (Å²) in [5.41, 5.74) is 0.977. The Hall–Kier alpha value is -2.11. The van der Waals surface area contributed by atoms with Crippen molar-refractivity contribution in [2.75, 3.05) is 7.11 Å². The van der Waals surface area contributed by atoms with Crippen molar-refractivity contribution in [1.29, 1.82) is 0 Å². The number of para-hydroxylation sites is 1. The van der Waals surface area contributed by atoms with Gasteiger partial charge in [0.2, 0.25) is 0 Å². The zero-order valence-corrected chi connectivity index (χ0v) is 12.7. The van der Waals surface area contributed by atoms with E-state index in [4.69, 9.17) is 28.6 Å².